The van der Waals surface area contributed by atoms with Crippen LogP contribution in [0.5, 0.6) is 5.88 Å². The first-order valence-electron chi connectivity index (χ1n) is 13.7. The highest BCUT2D eigenvalue weighted by atomic mass is 16.5. The number of likely N-dealkylation sites (tertiary alicyclic amines) is 1. The average Bonchev–Trinajstić information content (AvgIpc) is 3.58. The number of benzene rings is 1. The summed E-state index contributed by atoms with van der Waals surface area (Å²) in [5.41, 5.74) is 2.59. The maximum atomic E-state index is 12.4. The third kappa shape index (κ3) is 7.18. The number of nitrogens with zero attached hydrogens (tertiary/aromatic N) is 5. The molecule has 1 saturated heterocycles. The van der Waals surface area contributed by atoms with Crippen molar-refractivity contribution < 1.29 is 14.1 Å². The monoisotopic (exact) mass is 541 g/mol. The van der Waals surface area contributed by atoms with Crippen molar-refractivity contribution >= 4 is 23.2 Å². The summed E-state index contributed by atoms with van der Waals surface area (Å²) in [6.45, 7) is 10.1. The molecule has 0 saturated carbocycles. The largest absolute Gasteiger partial charge is 0.478 e. The summed E-state index contributed by atoms with van der Waals surface area (Å²) in [7, 11) is 0. The van der Waals surface area contributed by atoms with Gasteiger partial charge in [-0.1, -0.05) is 44.2 Å². The summed E-state index contributed by atoms with van der Waals surface area (Å²) in [6.07, 6.45) is 8.45. The standard InChI is InChI=1S/C30H35N7O3/c1-30(2,3)25-20-26(35-40-25)33-29(38)32-24-12-9-22(10-13-24)8-11-23-21-31-37-18-14-27(34-28(23)37)39-19-7-17-36-15-5-4-6-16-36/h9-10,12-14,18,20-21H,4-7,15-17,19H2,1-3H3,(H2,32,33,35,38). The molecular formula is C30H35N7O3. The minimum absolute atomic E-state index is 0.192. The molecule has 0 aliphatic carbocycles. The van der Waals surface area contributed by atoms with Crippen LogP contribution in [0.1, 0.15) is 63.3 Å². The zero-order chi connectivity index (χ0) is 28.0. The van der Waals surface area contributed by atoms with Crippen LogP contribution in [0.15, 0.2) is 53.3 Å². The van der Waals surface area contributed by atoms with Gasteiger partial charge in [0.2, 0.25) is 5.88 Å². The van der Waals surface area contributed by atoms with Crippen molar-refractivity contribution in [3.8, 4) is 17.7 Å². The summed E-state index contributed by atoms with van der Waals surface area (Å²) >= 11 is 0. The molecule has 10 heteroatoms. The van der Waals surface area contributed by atoms with E-state index < -0.39 is 6.03 Å². The van der Waals surface area contributed by atoms with Crippen LogP contribution in [-0.4, -0.2) is 56.9 Å². The Morgan fingerprint density at radius 2 is 1.88 bits per heavy atom. The molecule has 2 N–H and O–H groups in total. The van der Waals surface area contributed by atoms with E-state index in [2.05, 4.69) is 42.6 Å². The fourth-order valence-corrected chi connectivity index (χ4v) is 4.41. The number of hydrogen-bond donors (Lipinski definition) is 2. The molecule has 1 fully saturated rings. The van der Waals surface area contributed by atoms with E-state index in [4.69, 9.17) is 9.26 Å². The Hall–Kier alpha value is -4.36. The molecule has 0 bridgehead atoms. The van der Waals surface area contributed by atoms with Crippen molar-refractivity contribution in [2.45, 2.75) is 51.9 Å². The number of carbonyl (C=O) groups excluding carboxylic acids is 1. The molecule has 4 heterocycles. The van der Waals surface area contributed by atoms with Gasteiger partial charge >= 0.3 is 6.03 Å². The second-order valence-corrected chi connectivity index (χ2v) is 10.9. The molecule has 1 aliphatic rings. The normalized spacial score (nSPS) is 14.0. The highest BCUT2D eigenvalue weighted by Gasteiger charge is 2.20. The quantitative estimate of drug-likeness (QED) is 0.241. The molecule has 40 heavy (non-hydrogen) atoms. The van der Waals surface area contributed by atoms with Gasteiger partial charge in [0.25, 0.3) is 0 Å². The van der Waals surface area contributed by atoms with E-state index in [1.165, 1.54) is 32.4 Å². The van der Waals surface area contributed by atoms with E-state index >= 15 is 0 Å². The number of urea groups is 1. The summed E-state index contributed by atoms with van der Waals surface area (Å²) in [4.78, 5) is 19.5. The van der Waals surface area contributed by atoms with Crippen molar-refractivity contribution in [1.29, 1.82) is 0 Å². The molecule has 3 aromatic heterocycles. The van der Waals surface area contributed by atoms with Gasteiger partial charge in [0, 0.05) is 41.5 Å². The number of anilines is 2. The number of aromatic nitrogens is 4. The Morgan fingerprint density at radius 1 is 1.07 bits per heavy atom. The molecule has 0 unspecified atom stereocenters. The Labute approximate surface area is 234 Å². The Bertz CT molecular complexity index is 1500. The molecule has 0 spiro atoms. The average molecular weight is 542 g/mol. The van der Waals surface area contributed by atoms with E-state index in [1.54, 1.807) is 28.9 Å². The van der Waals surface area contributed by atoms with Gasteiger partial charge in [0.05, 0.1) is 18.4 Å². The predicted octanol–water partition coefficient (Wildman–Crippen LogP) is 5.31. The minimum Gasteiger partial charge on any atom is -0.478 e. The lowest BCUT2D eigenvalue weighted by molar-refractivity contribution is 0.203. The van der Waals surface area contributed by atoms with Gasteiger partial charge < -0.3 is 19.5 Å². The lowest BCUT2D eigenvalue weighted by Crippen LogP contribution is -2.31. The van der Waals surface area contributed by atoms with Gasteiger partial charge in [-0.2, -0.15) is 10.1 Å². The van der Waals surface area contributed by atoms with Crippen LogP contribution in [0.4, 0.5) is 16.3 Å². The second kappa shape index (κ2) is 12.2. The number of ether oxygens (including phenoxy) is 1. The van der Waals surface area contributed by atoms with Crippen molar-refractivity contribution in [1.82, 2.24) is 24.7 Å². The van der Waals surface area contributed by atoms with Gasteiger partial charge in [-0.3, -0.25) is 5.32 Å². The molecule has 1 aromatic carbocycles. The van der Waals surface area contributed by atoms with Gasteiger partial charge in [-0.05, 0) is 56.6 Å². The highest BCUT2D eigenvalue weighted by Crippen LogP contribution is 2.24. The van der Waals surface area contributed by atoms with Crippen LogP contribution in [0.3, 0.4) is 0 Å². The number of hydrogen-bond acceptors (Lipinski definition) is 7. The summed E-state index contributed by atoms with van der Waals surface area (Å²) in [5, 5.41) is 13.7. The maximum Gasteiger partial charge on any atom is 0.324 e. The van der Waals surface area contributed by atoms with Crippen LogP contribution < -0.4 is 15.4 Å². The van der Waals surface area contributed by atoms with E-state index in [9.17, 15) is 4.79 Å². The van der Waals surface area contributed by atoms with Gasteiger partial charge in [0.15, 0.2) is 11.5 Å². The smallest absolute Gasteiger partial charge is 0.324 e. The number of amides is 2. The van der Waals surface area contributed by atoms with E-state index in [0.29, 0.717) is 41.0 Å². The van der Waals surface area contributed by atoms with Crippen LogP contribution in [0.25, 0.3) is 5.65 Å². The first-order chi connectivity index (χ1) is 19.3. The number of fused-ring (bicyclic) bond motifs is 1. The van der Waals surface area contributed by atoms with Gasteiger partial charge in [-0.25, -0.2) is 9.31 Å². The van der Waals surface area contributed by atoms with E-state index in [-0.39, 0.29) is 5.41 Å². The predicted molar refractivity (Wildman–Crippen MR) is 154 cm³/mol. The lowest BCUT2D eigenvalue weighted by Gasteiger charge is -2.26. The van der Waals surface area contributed by atoms with Gasteiger partial charge in [-0.15, -0.1) is 0 Å². The van der Waals surface area contributed by atoms with Crippen molar-refractivity contribution in [2.24, 2.45) is 0 Å². The Kier molecular flexibility index (Phi) is 8.31. The van der Waals surface area contributed by atoms with Gasteiger partial charge in [0.1, 0.15) is 5.76 Å². The number of carbonyl (C=O) groups is 1. The van der Waals surface area contributed by atoms with E-state index in [1.807, 2.05) is 45.2 Å². The topological polar surface area (TPSA) is 110 Å². The fourth-order valence-electron chi connectivity index (χ4n) is 4.41. The van der Waals surface area contributed by atoms with Crippen molar-refractivity contribution in [3.63, 3.8) is 0 Å². The van der Waals surface area contributed by atoms with Crippen LogP contribution in [0, 0.1) is 11.8 Å². The summed E-state index contributed by atoms with van der Waals surface area (Å²) in [6, 6.07) is 10.4. The molecule has 0 atom stereocenters. The molecule has 2 amide bonds. The first-order valence-corrected chi connectivity index (χ1v) is 13.7. The highest BCUT2D eigenvalue weighted by molar-refractivity contribution is 5.99. The molecule has 10 nitrogen and oxygen atoms in total. The zero-order valence-corrected chi connectivity index (χ0v) is 23.2. The number of piperidine rings is 1. The first kappa shape index (κ1) is 27.2. The minimum atomic E-state index is -0.408. The molecule has 4 aromatic rings. The molecular weight excluding hydrogens is 506 g/mol. The molecule has 0 radical (unpaired) electrons. The second-order valence-electron chi connectivity index (χ2n) is 10.9. The molecule has 208 valence electrons. The van der Waals surface area contributed by atoms with Crippen molar-refractivity contribution in [3.05, 3.63) is 65.7 Å². The molecule has 1 aliphatic heterocycles. The third-order valence-corrected chi connectivity index (χ3v) is 6.64. The molecule has 5 rings (SSSR count). The third-order valence-electron chi connectivity index (χ3n) is 6.64. The number of rotatable bonds is 7. The SMILES string of the molecule is CC(C)(C)c1cc(NC(=O)Nc2ccc(C#Cc3cnn4ccc(OCCCN5CCCCC5)nc34)cc2)no1. The summed E-state index contributed by atoms with van der Waals surface area (Å²) < 4.78 is 12.9. The Morgan fingerprint density at radius 3 is 2.62 bits per heavy atom. The van der Waals surface area contributed by atoms with Crippen LogP contribution in [0.2, 0.25) is 0 Å². The summed E-state index contributed by atoms with van der Waals surface area (Å²) in [5.74, 6) is 7.92. The van der Waals surface area contributed by atoms with Crippen molar-refractivity contribution in [2.75, 3.05) is 36.9 Å². The van der Waals surface area contributed by atoms with Crippen LogP contribution in [-0.2, 0) is 5.41 Å². The number of nitrogens with one attached hydrogen (secondary N) is 2. The Balaban J connectivity index is 1.15. The van der Waals surface area contributed by atoms with E-state index in [0.717, 1.165) is 18.5 Å². The zero-order valence-electron chi connectivity index (χ0n) is 23.2. The fraction of sp³-hybridized carbons (Fsp3) is 0.400. The maximum absolute atomic E-state index is 12.4. The lowest BCUT2D eigenvalue weighted by atomic mass is 9.93. The van der Waals surface area contributed by atoms with Crippen LogP contribution >= 0.6 is 0 Å².